The van der Waals surface area contributed by atoms with Crippen LogP contribution in [0.15, 0.2) is 41.4 Å². The smallest absolute Gasteiger partial charge is 0.261 e. The van der Waals surface area contributed by atoms with Crippen molar-refractivity contribution in [3.8, 4) is 16.9 Å². The number of aliphatic imine (C=N–C) groups is 1. The number of nitrogens with zero attached hydrogens (tertiary/aromatic N) is 2. The van der Waals surface area contributed by atoms with Gasteiger partial charge in [-0.2, -0.15) is 0 Å². The van der Waals surface area contributed by atoms with Gasteiger partial charge in [0.15, 0.2) is 11.5 Å². The lowest BCUT2D eigenvalue weighted by Gasteiger charge is -2.37. The summed E-state index contributed by atoms with van der Waals surface area (Å²) in [5.74, 6) is -0.0102. The van der Waals surface area contributed by atoms with Gasteiger partial charge in [0, 0.05) is 24.1 Å². The van der Waals surface area contributed by atoms with Crippen LogP contribution < -0.4 is 10.5 Å². The molecule has 158 valence electrons. The van der Waals surface area contributed by atoms with E-state index in [0.717, 1.165) is 0 Å². The Morgan fingerprint density at radius 3 is 2.77 bits per heavy atom. The maximum atomic E-state index is 13.9. The number of halogens is 2. The van der Waals surface area contributed by atoms with Gasteiger partial charge in [-0.05, 0) is 61.2 Å². The van der Waals surface area contributed by atoms with E-state index in [1.165, 1.54) is 17.0 Å². The van der Waals surface area contributed by atoms with Crippen LogP contribution in [-0.2, 0) is 10.3 Å². The second-order valence-electron chi connectivity index (χ2n) is 7.93. The number of hydrogen-bond acceptors (Lipinski definition) is 5. The first kappa shape index (κ1) is 20.6. The van der Waals surface area contributed by atoms with Crippen molar-refractivity contribution in [2.24, 2.45) is 10.7 Å². The molecule has 1 spiro atoms. The van der Waals surface area contributed by atoms with Crippen LogP contribution in [0.2, 0.25) is 5.02 Å². The molecule has 0 aliphatic carbocycles. The molecule has 3 atom stereocenters. The molecule has 2 aromatic rings. The van der Waals surface area contributed by atoms with Gasteiger partial charge in [0.25, 0.3) is 5.91 Å². The fourth-order valence-corrected chi connectivity index (χ4v) is 4.33. The lowest BCUT2D eigenvalue weighted by Crippen LogP contribution is -2.45. The largest absolute Gasteiger partial charge is 0.490 e. The molecule has 2 heterocycles. The lowest BCUT2D eigenvalue weighted by atomic mass is 9.79. The molecule has 4 rings (SSSR count). The normalized spacial score (nSPS) is 23.9. The summed E-state index contributed by atoms with van der Waals surface area (Å²) in [5, 5.41) is 9.94. The minimum atomic E-state index is -1.21. The van der Waals surface area contributed by atoms with Gasteiger partial charge >= 0.3 is 0 Å². The maximum Gasteiger partial charge on any atom is 0.261 e. The Bertz CT molecular complexity index is 1020. The number of guanidine groups is 1. The van der Waals surface area contributed by atoms with Gasteiger partial charge in [0.1, 0.15) is 17.7 Å². The fraction of sp³-hybridized carbons (Fsp3) is 0.364. The SMILES string of the molecule is CC(O)CC[C@H]1CC2(N=C(N)N(C)C2=O)c2cc(-c3cc(F)cc(Cl)c3)ccc2O1. The summed E-state index contributed by atoms with van der Waals surface area (Å²) < 4.78 is 20.0. The molecule has 8 heteroatoms. The number of amides is 1. The van der Waals surface area contributed by atoms with E-state index in [-0.39, 0.29) is 23.0 Å². The zero-order valence-corrected chi connectivity index (χ0v) is 17.5. The summed E-state index contributed by atoms with van der Waals surface area (Å²) in [6.07, 6.45) is 0.658. The number of ether oxygens (including phenoxy) is 1. The van der Waals surface area contributed by atoms with E-state index in [9.17, 15) is 14.3 Å². The third-order valence-corrected chi connectivity index (χ3v) is 5.87. The molecule has 2 unspecified atom stereocenters. The van der Waals surface area contributed by atoms with E-state index >= 15 is 0 Å². The van der Waals surface area contributed by atoms with Crippen LogP contribution in [0.1, 0.15) is 31.7 Å². The van der Waals surface area contributed by atoms with E-state index in [2.05, 4.69) is 4.99 Å². The number of fused-ring (bicyclic) bond motifs is 2. The Morgan fingerprint density at radius 2 is 2.13 bits per heavy atom. The predicted octanol–water partition coefficient (Wildman–Crippen LogP) is 3.44. The molecule has 0 bridgehead atoms. The monoisotopic (exact) mass is 431 g/mol. The van der Waals surface area contributed by atoms with Crippen LogP contribution >= 0.6 is 11.6 Å². The minimum Gasteiger partial charge on any atom is -0.490 e. The van der Waals surface area contributed by atoms with Crippen molar-refractivity contribution in [1.29, 1.82) is 0 Å². The van der Waals surface area contributed by atoms with Gasteiger partial charge in [-0.1, -0.05) is 17.7 Å². The standard InChI is InChI=1S/C22H23ClFN3O3/c1-12(28)3-5-17-11-22(20(29)27(2)21(25)26-22)18-9-13(4-6-19(18)30-17)14-7-15(23)10-16(24)8-14/h4,6-10,12,17,28H,3,5,11H2,1-2H3,(H2,25,26)/t12?,17-,22?/m0/s1. The molecule has 2 aliphatic rings. The first-order valence-electron chi connectivity index (χ1n) is 9.79. The van der Waals surface area contributed by atoms with E-state index in [1.54, 1.807) is 38.2 Å². The number of aliphatic hydroxyl groups excluding tert-OH is 1. The van der Waals surface area contributed by atoms with E-state index in [0.29, 0.717) is 41.7 Å². The van der Waals surface area contributed by atoms with Crippen LogP contribution in [-0.4, -0.2) is 41.1 Å². The molecule has 30 heavy (non-hydrogen) atoms. The summed E-state index contributed by atoms with van der Waals surface area (Å²) in [6.45, 7) is 1.72. The van der Waals surface area contributed by atoms with Gasteiger partial charge in [-0.25, -0.2) is 9.38 Å². The third kappa shape index (κ3) is 3.52. The Balaban J connectivity index is 1.82. The summed E-state index contributed by atoms with van der Waals surface area (Å²) in [4.78, 5) is 19.1. The molecule has 2 aromatic carbocycles. The number of benzene rings is 2. The van der Waals surface area contributed by atoms with E-state index in [4.69, 9.17) is 22.1 Å². The molecule has 2 aliphatic heterocycles. The summed E-state index contributed by atoms with van der Waals surface area (Å²) in [7, 11) is 1.59. The summed E-state index contributed by atoms with van der Waals surface area (Å²) >= 11 is 6.02. The second-order valence-corrected chi connectivity index (χ2v) is 8.37. The summed E-state index contributed by atoms with van der Waals surface area (Å²) in [5.41, 5.74) is 6.66. The number of hydrogen-bond donors (Lipinski definition) is 2. The van der Waals surface area contributed by atoms with Crippen molar-refractivity contribution in [3.63, 3.8) is 0 Å². The molecule has 0 fully saturated rings. The first-order chi connectivity index (χ1) is 14.2. The number of aliphatic hydroxyl groups is 1. The van der Waals surface area contributed by atoms with Gasteiger partial charge in [-0.3, -0.25) is 9.69 Å². The topological polar surface area (TPSA) is 88.2 Å². The predicted molar refractivity (Wildman–Crippen MR) is 113 cm³/mol. The van der Waals surface area contributed by atoms with Crippen LogP contribution in [0.5, 0.6) is 5.75 Å². The average molecular weight is 432 g/mol. The summed E-state index contributed by atoms with van der Waals surface area (Å²) in [6, 6.07) is 9.63. The Morgan fingerprint density at radius 1 is 1.37 bits per heavy atom. The lowest BCUT2D eigenvalue weighted by molar-refractivity contribution is -0.132. The second kappa shape index (κ2) is 7.56. The van der Waals surface area contributed by atoms with Crippen LogP contribution in [0.3, 0.4) is 0 Å². The van der Waals surface area contributed by atoms with Gasteiger partial charge in [-0.15, -0.1) is 0 Å². The van der Waals surface area contributed by atoms with Crippen molar-refractivity contribution in [3.05, 3.63) is 52.8 Å². The highest BCUT2D eigenvalue weighted by Crippen LogP contribution is 2.47. The number of carbonyl (C=O) groups excluding carboxylic acids is 1. The molecule has 3 N–H and O–H groups in total. The Kier molecular flexibility index (Phi) is 5.20. The van der Waals surface area contributed by atoms with Crippen molar-refractivity contribution >= 4 is 23.5 Å². The maximum absolute atomic E-state index is 13.9. The third-order valence-electron chi connectivity index (χ3n) is 5.65. The van der Waals surface area contributed by atoms with Gasteiger partial charge < -0.3 is 15.6 Å². The Hall–Kier alpha value is -2.64. The van der Waals surface area contributed by atoms with Crippen molar-refractivity contribution in [1.82, 2.24) is 4.90 Å². The number of rotatable bonds is 4. The molecule has 6 nitrogen and oxygen atoms in total. The number of carbonyl (C=O) groups is 1. The molecular formula is C22H23ClFN3O3. The van der Waals surface area contributed by atoms with Crippen LogP contribution in [0, 0.1) is 5.82 Å². The average Bonchev–Trinajstić information content (AvgIpc) is 2.89. The highest BCUT2D eigenvalue weighted by Gasteiger charge is 2.53. The highest BCUT2D eigenvalue weighted by atomic mass is 35.5. The zero-order valence-electron chi connectivity index (χ0n) is 16.7. The van der Waals surface area contributed by atoms with Crippen LogP contribution in [0.4, 0.5) is 4.39 Å². The van der Waals surface area contributed by atoms with E-state index in [1.807, 2.05) is 0 Å². The van der Waals surface area contributed by atoms with Crippen molar-refractivity contribution in [2.75, 3.05) is 7.05 Å². The number of nitrogens with two attached hydrogens (primary N) is 1. The fourth-order valence-electron chi connectivity index (χ4n) is 4.11. The highest BCUT2D eigenvalue weighted by molar-refractivity contribution is 6.30. The first-order valence-corrected chi connectivity index (χ1v) is 10.2. The van der Waals surface area contributed by atoms with Crippen molar-refractivity contribution in [2.45, 2.75) is 43.9 Å². The minimum absolute atomic E-state index is 0.140. The van der Waals surface area contributed by atoms with Gasteiger partial charge in [0.05, 0.1) is 6.10 Å². The molecule has 1 amide bonds. The molecular weight excluding hydrogens is 409 g/mol. The van der Waals surface area contributed by atoms with E-state index < -0.39 is 17.5 Å². The molecule has 0 saturated heterocycles. The quantitative estimate of drug-likeness (QED) is 0.776. The molecule has 0 saturated carbocycles. The van der Waals surface area contributed by atoms with Crippen molar-refractivity contribution < 1.29 is 19.0 Å². The Labute approximate surface area is 179 Å². The molecule has 0 aromatic heterocycles. The number of likely N-dealkylation sites (N-methyl/N-ethyl adjacent to an activating group) is 1. The van der Waals surface area contributed by atoms with Gasteiger partial charge in [0.2, 0.25) is 0 Å². The molecule has 0 radical (unpaired) electrons. The van der Waals surface area contributed by atoms with Crippen LogP contribution in [0.25, 0.3) is 11.1 Å². The zero-order chi connectivity index (χ0) is 21.6.